The van der Waals surface area contributed by atoms with Crippen LogP contribution in [0.4, 0.5) is 5.82 Å². The third-order valence-corrected chi connectivity index (χ3v) is 5.81. The highest BCUT2D eigenvalue weighted by Gasteiger charge is 2.40. The maximum atomic E-state index is 6.25. The zero-order valence-electron chi connectivity index (χ0n) is 14.7. The average molecular weight is 367 g/mol. The van der Waals surface area contributed by atoms with E-state index in [2.05, 4.69) is 20.2 Å². The molecule has 0 unspecified atom stereocenters. The van der Waals surface area contributed by atoms with Crippen LogP contribution < -0.4 is 5.32 Å². The maximum absolute atomic E-state index is 6.25. The molecule has 1 aromatic rings. The van der Waals surface area contributed by atoms with E-state index in [0.29, 0.717) is 11.9 Å². The summed E-state index contributed by atoms with van der Waals surface area (Å²) in [7, 11) is 0. The summed E-state index contributed by atoms with van der Waals surface area (Å²) < 4.78 is 11.6. The molecule has 2 aliphatic heterocycles. The number of fused-ring (bicyclic) bond motifs is 1. The number of aromatic nitrogens is 2. The van der Waals surface area contributed by atoms with Gasteiger partial charge in [-0.15, -0.1) is 0 Å². The van der Waals surface area contributed by atoms with Gasteiger partial charge in [0.25, 0.3) is 0 Å². The molecule has 7 heteroatoms. The van der Waals surface area contributed by atoms with Crippen LogP contribution in [0.15, 0.2) is 0 Å². The second kappa shape index (κ2) is 7.74. The molecule has 0 atom stereocenters. The van der Waals surface area contributed by atoms with Crippen molar-refractivity contribution >= 4 is 17.4 Å². The second-order valence-electron chi connectivity index (χ2n) is 7.36. The van der Waals surface area contributed by atoms with Crippen molar-refractivity contribution in [1.82, 2.24) is 14.9 Å². The Bertz CT molecular complexity index is 601. The van der Waals surface area contributed by atoms with Crippen LogP contribution in [0.1, 0.15) is 43.4 Å². The first kappa shape index (κ1) is 17.5. The quantitative estimate of drug-likeness (QED) is 0.638. The summed E-state index contributed by atoms with van der Waals surface area (Å²) in [5.74, 6) is 0.852. The Morgan fingerprint density at radius 2 is 1.96 bits per heavy atom. The van der Waals surface area contributed by atoms with Gasteiger partial charge < -0.3 is 14.8 Å². The second-order valence-corrected chi connectivity index (χ2v) is 7.69. The summed E-state index contributed by atoms with van der Waals surface area (Å²) in [4.78, 5) is 11.4. The van der Waals surface area contributed by atoms with E-state index in [1.807, 2.05) is 0 Å². The van der Waals surface area contributed by atoms with Gasteiger partial charge in [-0.1, -0.05) is 12.8 Å². The smallest absolute Gasteiger partial charge is 0.224 e. The fourth-order valence-corrected chi connectivity index (χ4v) is 4.39. The lowest BCUT2D eigenvalue weighted by molar-refractivity contribution is -0.0633. The predicted octanol–water partition coefficient (Wildman–Crippen LogP) is 2.65. The fraction of sp³-hybridized carbons (Fsp3) is 0.778. The highest BCUT2D eigenvalue weighted by atomic mass is 35.5. The Labute approximate surface area is 154 Å². The molecule has 0 amide bonds. The molecule has 0 bridgehead atoms. The van der Waals surface area contributed by atoms with Crippen molar-refractivity contribution in [1.29, 1.82) is 0 Å². The molecule has 1 aliphatic carbocycles. The first-order valence-electron chi connectivity index (χ1n) is 9.47. The number of morpholine rings is 1. The van der Waals surface area contributed by atoms with E-state index in [0.717, 1.165) is 82.2 Å². The van der Waals surface area contributed by atoms with Gasteiger partial charge in [-0.2, -0.15) is 0 Å². The summed E-state index contributed by atoms with van der Waals surface area (Å²) in [6.45, 7) is 6.32. The van der Waals surface area contributed by atoms with E-state index in [1.165, 1.54) is 12.8 Å². The number of hydrogen-bond acceptors (Lipinski definition) is 6. The Balaban J connectivity index is 1.36. The molecule has 1 saturated carbocycles. The number of anilines is 1. The van der Waals surface area contributed by atoms with E-state index in [4.69, 9.17) is 21.1 Å². The van der Waals surface area contributed by atoms with Crippen molar-refractivity contribution in [2.75, 3.05) is 44.7 Å². The minimum atomic E-state index is -0.00170. The largest absolute Gasteiger partial charge is 0.379 e. The molecule has 0 aromatic carbocycles. The van der Waals surface area contributed by atoms with Gasteiger partial charge in [0.1, 0.15) is 5.82 Å². The lowest BCUT2D eigenvalue weighted by atomic mass is 9.91. The van der Waals surface area contributed by atoms with Crippen LogP contribution >= 0.6 is 11.6 Å². The van der Waals surface area contributed by atoms with Crippen molar-refractivity contribution in [2.45, 2.75) is 50.7 Å². The zero-order valence-corrected chi connectivity index (χ0v) is 15.5. The van der Waals surface area contributed by atoms with Crippen molar-refractivity contribution < 1.29 is 9.47 Å². The molecular weight excluding hydrogens is 340 g/mol. The highest BCUT2D eigenvalue weighted by Crippen LogP contribution is 2.41. The lowest BCUT2D eigenvalue weighted by Gasteiger charge is -2.35. The summed E-state index contributed by atoms with van der Waals surface area (Å²) in [6.07, 6.45) is 6.71. The number of nitrogens with one attached hydrogen (secondary N) is 1. The topological polar surface area (TPSA) is 59.5 Å². The molecule has 3 heterocycles. The normalized spacial score (nSPS) is 22.9. The molecule has 1 saturated heterocycles. The Hall–Kier alpha value is -0.950. The Kier molecular flexibility index (Phi) is 5.41. The van der Waals surface area contributed by atoms with E-state index in [9.17, 15) is 0 Å². The van der Waals surface area contributed by atoms with Crippen LogP contribution in [0.5, 0.6) is 0 Å². The van der Waals surface area contributed by atoms with Crippen LogP contribution in [0.2, 0.25) is 5.28 Å². The van der Waals surface area contributed by atoms with Crippen molar-refractivity contribution in [3.05, 3.63) is 16.5 Å². The monoisotopic (exact) mass is 366 g/mol. The molecule has 1 N–H and O–H groups in total. The molecule has 1 aromatic heterocycles. The van der Waals surface area contributed by atoms with Crippen molar-refractivity contribution in [3.8, 4) is 0 Å². The van der Waals surface area contributed by atoms with Gasteiger partial charge in [-0.25, -0.2) is 9.97 Å². The van der Waals surface area contributed by atoms with Crippen LogP contribution in [-0.2, 0) is 22.5 Å². The fourth-order valence-electron chi connectivity index (χ4n) is 4.20. The minimum absolute atomic E-state index is 0.00170. The summed E-state index contributed by atoms with van der Waals surface area (Å²) in [5, 5.41) is 3.80. The van der Waals surface area contributed by atoms with Gasteiger partial charge in [0.15, 0.2) is 0 Å². The van der Waals surface area contributed by atoms with Crippen molar-refractivity contribution in [2.24, 2.45) is 0 Å². The minimum Gasteiger partial charge on any atom is -0.379 e. The van der Waals surface area contributed by atoms with E-state index < -0.39 is 0 Å². The maximum Gasteiger partial charge on any atom is 0.224 e. The summed E-state index contributed by atoms with van der Waals surface area (Å²) in [5.41, 5.74) is 2.16. The Morgan fingerprint density at radius 3 is 2.76 bits per heavy atom. The molecule has 138 valence electrons. The molecule has 4 rings (SSSR count). The molecule has 3 aliphatic rings. The zero-order chi connectivity index (χ0) is 17.1. The summed E-state index contributed by atoms with van der Waals surface area (Å²) in [6, 6.07) is 0. The first-order chi connectivity index (χ1) is 12.2. The number of nitrogens with zero attached hydrogens (tertiary/aromatic N) is 3. The van der Waals surface area contributed by atoms with Crippen LogP contribution in [0.25, 0.3) is 0 Å². The van der Waals surface area contributed by atoms with Crippen LogP contribution in [0, 0.1) is 0 Å². The molecule has 25 heavy (non-hydrogen) atoms. The third kappa shape index (κ3) is 4.08. The lowest BCUT2D eigenvalue weighted by Crippen LogP contribution is -2.37. The molecule has 0 radical (unpaired) electrons. The average Bonchev–Trinajstić information content (AvgIpc) is 3.06. The third-order valence-electron chi connectivity index (χ3n) is 5.64. The van der Waals surface area contributed by atoms with Gasteiger partial charge in [-0.05, 0) is 37.4 Å². The van der Waals surface area contributed by atoms with Crippen molar-refractivity contribution in [3.63, 3.8) is 0 Å². The summed E-state index contributed by atoms with van der Waals surface area (Å²) >= 11 is 6.19. The molecular formula is C18H27ClN4O2. The van der Waals surface area contributed by atoms with E-state index in [-0.39, 0.29) is 5.60 Å². The van der Waals surface area contributed by atoms with Gasteiger partial charge in [0.2, 0.25) is 5.28 Å². The first-order valence-corrected chi connectivity index (χ1v) is 9.85. The van der Waals surface area contributed by atoms with Crippen LogP contribution in [0.3, 0.4) is 0 Å². The molecule has 1 spiro atoms. The van der Waals surface area contributed by atoms with E-state index >= 15 is 0 Å². The van der Waals surface area contributed by atoms with Gasteiger partial charge in [0, 0.05) is 31.6 Å². The number of hydrogen-bond donors (Lipinski definition) is 1. The standard InChI is InChI=1S/C18H27ClN4O2/c19-17-21-15-12-18(4-1-2-5-18)25-13-14(15)16(22-17)20-6-3-7-23-8-10-24-11-9-23/h1-13H2,(H,20,21,22). The predicted molar refractivity (Wildman–Crippen MR) is 97.1 cm³/mol. The molecule has 6 nitrogen and oxygen atoms in total. The van der Waals surface area contributed by atoms with E-state index in [1.54, 1.807) is 0 Å². The highest BCUT2D eigenvalue weighted by molar-refractivity contribution is 6.28. The van der Waals surface area contributed by atoms with Crippen LogP contribution in [-0.4, -0.2) is 59.9 Å². The van der Waals surface area contributed by atoms with Gasteiger partial charge in [-0.3, -0.25) is 4.90 Å². The number of halogens is 1. The molecule has 2 fully saturated rings. The SMILES string of the molecule is Clc1nc2c(c(NCCCN3CCOCC3)n1)COC1(CCCC1)C2. The van der Waals surface area contributed by atoms with Gasteiger partial charge >= 0.3 is 0 Å². The number of rotatable bonds is 5. The van der Waals surface area contributed by atoms with Gasteiger partial charge in [0.05, 0.1) is 31.1 Å². The number of ether oxygens (including phenoxy) is 2. The Morgan fingerprint density at radius 1 is 1.16 bits per heavy atom.